The summed E-state index contributed by atoms with van der Waals surface area (Å²) in [5, 5.41) is 11.0. The van der Waals surface area contributed by atoms with Crippen LogP contribution in [0.2, 0.25) is 0 Å². The Morgan fingerprint density at radius 2 is 2.05 bits per heavy atom. The Morgan fingerprint density at radius 1 is 1.42 bits per heavy atom. The number of rotatable bonds is 5. The molecule has 0 radical (unpaired) electrons. The zero-order chi connectivity index (χ0) is 14.6. The summed E-state index contributed by atoms with van der Waals surface area (Å²) in [6.45, 7) is 8.65. The number of nitro groups is 1. The van der Waals surface area contributed by atoms with Gasteiger partial charge in [-0.1, -0.05) is 26.8 Å². The molecule has 0 bridgehead atoms. The Bertz CT molecular complexity index is 454. The predicted octanol–water partition coefficient (Wildman–Crippen LogP) is 3.87. The van der Waals surface area contributed by atoms with Crippen molar-refractivity contribution in [2.24, 2.45) is 11.3 Å². The highest BCUT2D eigenvalue weighted by atomic mass is 32.1. The average Bonchev–Trinajstić information content (AvgIpc) is 2.27. The van der Waals surface area contributed by atoms with Crippen LogP contribution in [-0.2, 0) is 0 Å². The minimum absolute atomic E-state index is 0.0115. The maximum absolute atomic E-state index is 11.0. The Hall–Kier alpha value is -1.23. The van der Waals surface area contributed by atoms with E-state index in [1.807, 2.05) is 6.92 Å². The number of aryl methyl sites for hydroxylation is 1. The van der Waals surface area contributed by atoms with Crippen molar-refractivity contribution < 1.29 is 9.66 Å². The highest BCUT2D eigenvalue weighted by Crippen LogP contribution is 2.31. The molecule has 0 saturated carbocycles. The largest absolute Gasteiger partial charge is 0.486 e. The van der Waals surface area contributed by atoms with Gasteiger partial charge in [0.1, 0.15) is 0 Å². The van der Waals surface area contributed by atoms with Crippen LogP contribution < -0.4 is 4.74 Å². The standard InChI is InChI=1S/C14H21NO3S/c1-10-5-6-12(15(16)17)13(7-10)18-8-11(9-19)14(2,3)4/h5-7,11,19H,8-9H2,1-4H3. The minimum atomic E-state index is -0.415. The van der Waals surface area contributed by atoms with Gasteiger partial charge in [0.25, 0.3) is 0 Å². The SMILES string of the molecule is Cc1ccc([N+](=O)[O-])c(OCC(CS)C(C)(C)C)c1. The highest BCUT2D eigenvalue weighted by molar-refractivity contribution is 7.80. The number of nitrogens with zero attached hydrogens (tertiary/aromatic N) is 1. The van der Waals surface area contributed by atoms with Gasteiger partial charge >= 0.3 is 5.69 Å². The third kappa shape index (κ3) is 4.42. The molecule has 0 aliphatic heterocycles. The van der Waals surface area contributed by atoms with Crippen molar-refractivity contribution >= 4 is 18.3 Å². The lowest BCUT2D eigenvalue weighted by atomic mass is 9.82. The van der Waals surface area contributed by atoms with Crippen LogP contribution in [0.25, 0.3) is 0 Å². The first-order valence-corrected chi connectivity index (χ1v) is 6.87. The van der Waals surface area contributed by atoms with E-state index >= 15 is 0 Å². The van der Waals surface area contributed by atoms with E-state index in [1.165, 1.54) is 6.07 Å². The van der Waals surface area contributed by atoms with Gasteiger partial charge in [-0.25, -0.2) is 0 Å². The number of thiol groups is 1. The van der Waals surface area contributed by atoms with Crippen molar-refractivity contribution in [3.8, 4) is 5.75 Å². The zero-order valence-corrected chi connectivity index (χ0v) is 12.7. The van der Waals surface area contributed by atoms with Gasteiger partial charge in [0, 0.05) is 12.0 Å². The quantitative estimate of drug-likeness (QED) is 0.507. The Kier molecular flexibility index (Phi) is 5.23. The molecule has 5 heteroatoms. The van der Waals surface area contributed by atoms with Crippen molar-refractivity contribution in [2.45, 2.75) is 27.7 Å². The van der Waals surface area contributed by atoms with Crippen molar-refractivity contribution in [3.63, 3.8) is 0 Å². The molecule has 106 valence electrons. The molecule has 1 aromatic carbocycles. The molecule has 1 aromatic rings. The smallest absolute Gasteiger partial charge is 0.310 e. The molecule has 1 rings (SSSR count). The van der Waals surface area contributed by atoms with E-state index in [4.69, 9.17) is 4.74 Å². The number of ether oxygens (including phenoxy) is 1. The second kappa shape index (κ2) is 6.28. The summed E-state index contributed by atoms with van der Waals surface area (Å²) in [6, 6.07) is 4.90. The lowest BCUT2D eigenvalue weighted by Gasteiger charge is -2.29. The molecule has 0 aliphatic carbocycles. The van der Waals surface area contributed by atoms with E-state index in [1.54, 1.807) is 12.1 Å². The van der Waals surface area contributed by atoms with Gasteiger partial charge in [-0.15, -0.1) is 0 Å². The molecular formula is C14H21NO3S. The maximum atomic E-state index is 11.0. The van der Waals surface area contributed by atoms with Crippen LogP contribution in [0.5, 0.6) is 5.75 Å². The van der Waals surface area contributed by atoms with E-state index in [-0.39, 0.29) is 17.0 Å². The van der Waals surface area contributed by atoms with Gasteiger partial charge in [0.05, 0.1) is 11.5 Å². The topological polar surface area (TPSA) is 52.4 Å². The number of benzene rings is 1. The summed E-state index contributed by atoms with van der Waals surface area (Å²) in [6.07, 6.45) is 0. The van der Waals surface area contributed by atoms with Gasteiger partial charge in [0.2, 0.25) is 0 Å². The number of hydrogen-bond acceptors (Lipinski definition) is 4. The second-order valence-electron chi connectivity index (χ2n) is 5.78. The highest BCUT2D eigenvalue weighted by Gasteiger charge is 2.25. The van der Waals surface area contributed by atoms with Gasteiger partial charge in [-0.3, -0.25) is 10.1 Å². The van der Waals surface area contributed by atoms with Crippen LogP contribution in [0.3, 0.4) is 0 Å². The van der Waals surface area contributed by atoms with Crippen LogP contribution in [0.4, 0.5) is 5.69 Å². The van der Waals surface area contributed by atoms with Gasteiger partial charge in [-0.05, 0) is 29.7 Å². The van der Waals surface area contributed by atoms with Crippen molar-refractivity contribution in [2.75, 3.05) is 12.4 Å². The van der Waals surface area contributed by atoms with Crippen LogP contribution in [0, 0.1) is 28.4 Å². The lowest BCUT2D eigenvalue weighted by molar-refractivity contribution is -0.385. The fourth-order valence-electron chi connectivity index (χ4n) is 1.65. The molecule has 0 fully saturated rings. The molecule has 0 amide bonds. The summed E-state index contributed by atoms with van der Waals surface area (Å²) in [4.78, 5) is 10.5. The third-order valence-electron chi connectivity index (χ3n) is 3.20. The molecule has 4 nitrogen and oxygen atoms in total. The Labute approximate surface area is 119 Å². The van der Waals surface area contributed by atoms with Crippen LogP contribution in [0.15, 0.2) is 18.2 Å². The first kappa shape index (κ1) is 15.8. The average molecular weight is 283 g/mol. The second-order valence-corrected chi connectivity index (χ2v) is 6.15. The molecule has 0 spiro atoms. The maximum Gasteiger partial charge on any atom is 0.310 e. The molecule has 0 saturated heterocycles. The van der Waals surface area contributed by atoms with Crippen LogP contribution >= 0.6 is 12.6 Å². The lowest BCUT2D eigenvalue weighted by Crippen LogP contribution is -2.28. The predicted molar refractivity (Wildman–Crippen MR) is 80.1 cm³/mol. The van der Waals surface area contributed by atoms with E-state index in [0.717, 1.165) is 5.56 Å². The van der Waals surface area contributed by atoms with Crippen molar-refractivity contribution in [1.29, 1.82) is 0 Å². The molecule has 0 aromatic heterocycles. The summed E-state index contributed by atoms with van der Waals surface area (Å²) in [7, 11) is 0. The van der Waals surface area contributed by atoms with Gasteiger partial charge in [0.15, 0.2) is 5.75 Å². The first-order chi connectivity index (χ1) is 8.75. The van der Waals surface area contributed by atoms with Crippen LogP contribution in [-0.4, -0.2) is 17.3 Å². The fourth-order valence-corrected chi connectivity index (χ4v) is 2.31. The summed E-state index contributed by atoms with van der Waals surface area (Å²) >= 11 is 4.33. The van der Waals surface area contributed by atoms with Crippen molar-refractivity contribution in [3.05, 3.63) is 33.9 Å². The third-order valence-corrected chi connectivity index (χ3v) is 3.64. The number of nitro benzene ring substituents is 1. The Morgan fingerprint density at radius 3 is 2.53 bits per heavy atom. The van der Waals surface area contributed by atoms with E-state index in [9.17, 15) is 10.1 Å². The molecule has 0 heterocycles. The molecule has 19 heavy (non-hydrogen) atoms. The first-order valence-electron chi connectivity index (χ1n) is 6.24. The molecule has 0 N–H and O–H groups in total. The van der Waals surface area contributed by atoms with Crippen LogP contribution in [0.1, 0.15) is 26.3 Å². The summed E-state index contributed by atoms with van der Waals surface area (Å²) < 4.78 is 5.67. The minimum Gasteiger partial charge on any atom is -0.486 e. The molecule has 1 atom stereocenters. The summed E-state index contributed by atoms with van der Waals surface area (Å²) in [5.41, 5.74) is 1.01. The van der Waals surface area contributed by atoms with Gasteiger partial charge in [-0.2, -0.15) is 12.6 Å². The Balaban J connectivity index is 2.87. The number of hydrogen-bond donors (Lipinski definition) is 1. The van der Waals surface area contributed by atoms with E-state index < -0.39 is 4.92 Å². The van der Waals surface area contributed by atoms with E-state index in [2.05, 4.69) is 33.4 Å². The van der Waals surface area contributed by atoms with Crippen molar-refractivity contribution in [1.82, 2.24) is 0 Å². The molecular weight excluding hydrogens is 262 g/mol. The normalized spacial score (nSPS) is 13.1. The summed E-state index contributed by atoms with van der Waals surface area (Å²) in [5.74, 6) is 1.25. The fraction of sp³-hybridized carbons (Fsp3) is 0.571. The van der Waals surface area contributed by atoms with Gasteiger partial charge < -0.3 is 4.74 Å². The zero-order valence-electron chi connectivity index (χ0n) is 11.8. The van der Waals surface area contributed by atoms with E-state index in [0.29, 0.717) is 18.1 Å². The molecule has 0 aliphatic rings. The monoisotopic (exact) mass is 283 g/mol. The molecule has 1 unspecified atom stereocenters.